The van der Waals surface area contributed by atoms with Crippen LogP contribution in [0.3, 0.4) is 0 Å². The molecule has 3 rings (SSSR count). The van der Waals surface area contributed by atoms with Gasteiger partial charge in [-0.05, 0) is 17.7 Å². The second kappa shape index (κ2) is 7.77. The Balaban J connectivity index is 1.57. The highest BCUT2D eigenvalue weighted by atomic mass is 35.5. The van der Waals surface area contributed by atoms with E-state index in [1.165, 1.54) is 34.7 Å². The zero-order valence-electron chi connectivity index (χ0n) is 12.0. The fraction of sp³-hybridized carbons (Fsp3) is 0.125. The Labute approximate surface area is 146 Å². The number of halogens is 2. The molecule has 0 amide bonds. The van der Waals surface area contributed by atoms with Crippen LogP contribution < -0.4 is 5.32 Å². The Kier molecular flexibility index (Phi) is 5.48. The molecule has 3 nitrogen and oxygen atoms in total. The number of hydrogen-bond donors (Lipinski definition) is 1. The third kappa shape index (κ3) is 4.43. The van der Waals surface area contributed by atoms with Gasteiger partial charge in [-0.1, -0.05) is 71.1 Å². The molecule has 0 bridgehead atoms. The Morgan fingerprint density at radius 2 is 1.91 bits per heavy atom. The summed E-state index contributed by atoms with van der Waals surface area (Å²) >= 11 is 8.89. The quantitative estimate of drug-likeness (QED) is 0.606. The molecule has 0 unspecified atom stereocenters. The topological polar surface area (TPSA) is 37.8 Å². The van der Waals surface area contributed by atoms with Gasteiger partial charge < -0.3 is 5.32 Å². The van der Waals surface area contributed by atoms with Gasteiger partial charge in [0, 0.05) is 22.9 Å². The van der Waals surface area contributed by atoms with E-state index in [0.29, 0.717) is 22.9 Å². The van der Waals surface area contributed by atoms with Crippen LogP contribution in [0, 0.1) is 5.82 Å². The molecule has 1 N–H and O–H groups in total. The minimum absolute atomic E-state index is 0.294. The summed E-state index contributed by atoms with van der Waals surface area (Å²) in [5, 5.41) is 12.6. The molecule has 0 spiro atoms. The van der Waals surface area contributed by atoms with Crippen molar-refractivity contribution in [1.82, 2.24) is 10.2 Å². The first-order chi connectivity index (χ1) is 11.2. The summed E-state index contributed by atoms with van der Waals surface area (Å²) in [6, 6.07) is 14.8. The average molecular weight is 366 g/mol. The molecule has 0 radical (unpaired) electrons. The molecule has 0 aliphatic rings. The van der Waals surface area contributed by atoms with Gasteiger partial charge in [0.1, 0.15) is 5.82 Å². The minimum atomic E-state index is -0.294. The van der Waals surface area contributed by atoms with Crippen LogP contribution in [0.25, 0.3) is 0 Å². The van der Waals surface area contributed by atoms with Gasteiger partial charge in [0.05, 0.1) is 0 Å². The van der Waals surface area contributed by atoms with Gasteiger partial charge in [-0.3, -0.25) is 0 Å². The molecule has 1 heterocycles. The fourth-order valence-electron chi connectivity index (χ4n) is 1.92. The highest BCUT2D eigenvalue weighted by Crippen LogP contribution is 2.31. The van der Waals surface area contributed by atoms with E-state index in [9.17, 15) is 4.39 Å². The molecule has 0 aliphatic heterocycles. The van der Waals surface area contributed by atoms with Crippen molar-refractivity contribution < 1.29 is 4.39 Å². The van der Waals surface area contributed by atoms with Gasteiger partial charge in [-0.2, -0.15) is 0 Å². The predicted octanol–water partition coefficient (Wildman–Crippen LogP) is 5.24. The summed E-state index contributed by atoms with van der Waals surface area (Å²) < 4.78 is 14.5. The summed E-state index contributed by atoms with van der Waals surface area (Å²) in [5.41, 5.74) is 1.67. The van der Waals surface area contributed by atoms with Crippen molar-refractivity contribution in [2.24, 2.45) is 0 Å². The number of aromatic nitrogens is 2. The largest absolute Gasteiger partial charge is 0.356 e. The maximum atomic E-state index is 13.7. The maximum Gasteiger partial charge on any atom is 0.206 e. The van der Waals surface area contributed by atoms with E-state index in [1.807, 2.05) is 30.3 Å². The zero-order chi connectivity index (χ0) is 16.1. The van der Waals surface area contributed by atoms with Crippen LogP contribution in [0.4, 0.5) is 9.52 Å². The smallest absolute Gasteiger partial charge is 0.206 e. The van der Waals surface area contributed by atoms with Crippen molar-refractivity contribution in [2.45, 2.75) is 16.6 Å². The lowest BCUT2D eigenvalue weighted by Gasteiger charge is -2.03. The molecule has 0 saturated carbocycles. The summed E-state index contributed by atoms with van der Waals surface area (Å²) in [6.45, 7) is 0.694. The first kappa shape index (κ1) is 16.2. The average Bonchev–Trinajstić information content (AvgIpc) is 3.01. The monoisotopic (exact) mass is 365 g/mol. The van der Waals surface area contributed by atoms with Gasteiger partial charge >= 0.3 is 0 Å². The van der Waals surface area contributed by atoms with Crippen LogP contribution in [-0.2, 0) is 12.3 Å². The summed E-state index contributed by atoms with van der Waals surface area (Å²) in [7, 11) is 0. The maximum absolute atomic E-state index is 13.7. The van der Waals surface area contributed by atoms with Gasteiger partial charge in [0.2, 0.25) is 5.13 Å². The van der Waals surface area contributed by atoms with E-state index < -0.39 is 0 Å². The highest BCUT2D eigenvalue weighted by Gasteiger charge is 2.10. The number of nitrogens with one attached hydrogen (secondary N) is 1. The molecule has 0 atom stereocenters. The highest BCUT2D eigenvalue weighted by molar-refractivity contribution is 8.00. The lowest BCUT2D eigenvalue weighted by Crippen LogP contribution is -1.98. The second-order valence-electron chi connectivity index (χ2n) is 4.70. The zero-order valence-corrected chi connectivity index (χ0v) is 14.4. The van der Waals surface area contributed by atoms with Crippen molar-refractivity contribution in [3.05, 3.63) is 70.5 Å². The summed E-state index contributed by atoms with van der Waals surface area (Å²) in [4.78, 5) is 0. The summed E-state index contributed by atoms with van der Waals surface area (Å²) in [6.07, 6.45) is 0. The minimum Gasteiger partial charge on any atom is -0.356 e. The van der Waals surface area contributed by atoms with E-state index in [0.717, 1.165) is 9.47 Å². The van der Waals surface area contributed by atoms with E-state index >= 15 is 0 Å². The first-order valence-corrected chi connectivity index (χ1v) is 9.07. The van der Waals surface area contributed by atoms with Gasteiger partial charge in [-0.25, -0.2) is 4.39 Å². The number of thioether (sulfide) groups is 1. The molecule has 0 aliphatic carbocycles. The van der Waals surface area contributed by atoms with Crippen LogP contribution in [-0.4, -0.2) is 10.2 Å². The molecular weight excluding hydrogens is 353 g/mol. The van der Waals surface area contributed by atoms with Crippen molar-refractivity contribution >= 4 is 39.8 Å². The van der Waals surface area contributed by atoms with Crippen LogP contribution >= 0.6 is 34.7 Å². The molecule has 1 aromatic heterocycles. The number of nitrogens with zero attached hydrogens (tertiary/aromatic N) is 2. The van der Waals surface area contributed by atoms with Crippen molar-refractivity contribution in [1.29, 1.82) is 0 Å². The normalized spacial score (nSPS) is 10.7. The van der Waals surface area contributed by atoms with Crippen LogP contribution in [0.1, 0.15) is 11.1 Å². The lowest BCUT2D eigenvalue weighted by molar-refractivity contribution is 0.617. The molecule has 2 aromatic carbocycles. The van der Waals surface area contributed by atoms with E-state index in [-0.39, 0.29) is 5.82 Å². The molecule has 3 aromatic rings. The van der Waals surface area contributed by atoms with Crippen molar-refractivity contribution in [2.75, 3.05) is 5.32 Å². The molecule has 0 saturated heterocycles. The van der Waals surface area contributed by atoms with E-state index in [2.05, 4.69) is 15.5 Å². The van der Waals surface area contributed by atoms with Gasteiger partial charge in [0.15, 0.2) is 4.34 Å². The van der Waals surface area contributed by atoms with Crippen molar-refractivity contribution in [3.8, 4) is 0 Å². The molecular formula is C16H13ClFN3S2. The lowest BCUT2D eigenvalue weighted by atomic mass is 10.2. The third-order valence-electron chi connectivity index (χ3n) is 3.09. The van der Waals surface area contributed by atoms with E-state index in [1.54, 1.807) is 12.1 Å². The Hall–Kier alpha value is -1.63. The van der Waals surface area contributed by atoms with Crippen LogP contribution in [0.2, 0.25) is 5.02 Å². The predicted molar refractivity (Wildman–Crippen MR) is 94.6 cm³/mol. The van der Waals surface area contributed by atoms with Gasteiger partial charge in [-0.15, -0.1) is 10.2 Å². The SMILES string of the molecule is Fc1cccc(Cl)c1CSc1nnc(NCc2ccccc2)s1. The second-order valence-corrected chi connectivity index (χ2v) is 7.31. The number of anilines is 1. The Morgan fingerprint density at radius 3 is 2.70 bits per heavy atom. The first-order valence-electron chi connectivity index (χ1n) is 6.89. The standard InChI is InChI=1S/C16H13ClFN3S2/c17-13-7-4-8-14(18)12(13)10-22-16-21-20-15(23-16)19-9-11-5-2-1-3-6-11/h1-8H,9-10H2,(H,19,20). The van der Waals surface area contributed by atoms with Gasteiger partial charge in [0.25, 0.3) is 0 Å². The van der Waals surface area contributed by atoms with E-state index in [4.69, 9.17) is 11.6 Å². The Morgan fingerprint density at radius 1 is 1.09 bits per heavy atom. The third-order valence-corrected chi connectivity index (χ3v) is 5.49. The molecule has 0 fully saturated rings. The molecule has 118 valence electrons. The molecule has 23 heavy (non-hydrogen) atoms. The number of rotatable bonds is 6. The van der Waals surface area contributed by atoms with Crippen LogP contribution in [0.15, 0.2) is 52.9 Å². The number of benzene rings is 2. The molecule has 7 heteroatoms. The van der Waals surface area contributed by atoms with Crippen LogP contribution in [0.5, 0.6) is 0 Å². The number of hydrogen-bond acceptors (Lipinski definition) is 5. The van der Waals surface area contributed by atoms with Crippen molar-refractivity contribution in [3.63, 3.8) is 0 Å². The Bertz CT molecular complexity index is 760. The summed E-state index contributed by atoms with van der Waals surface area (Å²) in [5.74, 6) is 0.135. The fourth-order valence-corrected chi connectivity index (χ4v) is 4.01.